The van der Waals surface area contributed by atoms with Crippen LogP contribution in [0.3, 0.4) is 0 Å². The molecule has 0 aromatic heterocycles. The van der Waals surface area contributed by atoms with Gasteiger partial charge >= 0.3 is 12.1 Å². The standard InChI is InChI=1S/C15H20N2O6/c1-9(13(19)17-12(10(2)18)14(20)21)16-15(22)23-8-11-6-4-3-5-7-11/h3-7,9-10,12,18H,8H2,1-2H3,(H,16,22)(H,17,19)(H,20,21)/t9-,10-,12-/m0/s1. The zero-order valence-electron chi connectivity index (χ0n) is 12.9. The van der Waals surface area contributed by atoms with Crippen molar-refractivity contribution in [2.75, 3.05) is 0 Å². The lowest BCUT2D eigenvalue weighted by Crippen LogP contribution is -2.53. The van der Waals surface area contributed by atoms with Gasteiger partial charge in [-0.1, -0.05) is 30.3 Å². The van der Waals surface area contributed by atoms with E-state index < -0.39 is 36.2 Å². The highest BCUT2D eigenvalue weighted by molar-refractivity contribution is 5.89. The third-order valence-electron chi connectivity index (χ3n) is 2.99. The Morgan fingerprint density at radius 3 is 2.26 bits per heavy atom. The molecule has 0 saturated heterocycles. The maximum atomic E-state index is 11.8. The predicted molar refractivity (Wildman–Crippen MR) is 80.5 cm³/mol. The first kappa shape index (κ1) is 18.4. The van der Waals surface area contributed by atoms with Crippen LogP contribution in [0.4, 0.5) is 4.79 Å². The van der Waals surface area contributed by atoms with Gasteiger partial charge in [0.2, 0.25) is 5.91 Å². The van der Waals surface area contributed by atoms with Crippen molar-refractivity contribution in [3.05, 3.63) is 35.9 Å². The van der Waals surface area contributed by atoms with Crippen LogP contribution in [0.1, 0.15) is 19.4 Å². The van der Waals surface area contributed by atoms with Crippen molar-refractivity contribution in [3.8, 4) is 0 Å². The lowest BCUT2D eigenvalue weighted by Gasteiger charge is -2.20. The molecule has 0 aliphatic rings. The van der Waals surface area contributed by atoms with Gasteiger partial charge in [0.1, 0.15) is 12.6 Å². The molecule has 0 spiro atoms. The van der Waals surface area contributed by atoms with Gasteiger partial charge in [-0.05, 0) is 19.4 Å². The maximum absolute atomic E-state index is 11.8. The SMILES string of the molecule is C[C@H](NC(=O)OCc1ccccc1)C(=O)N[C@H](C(=O)O)[C@H](C)O. The summed E-state index contributed by atoms with van der Waals surface area (Å²) in [5.74, 6) is -2.11. The Kier molecular flexibility index (Phi) is 7.01. The van der Waals surface area contributed by atoms with E-state index in [4.69, 9.17) is 9.84 Å². The molecule has 0 aliphatic heterocycles. The van der Waals surface area contributed by atoms with E-state index in [1.54, 1.807) is 24.3 Å². The Bertz CT molecular complexity index is 546. The molecule has 1 aromatic carbocycles. The summed E-state index contributed by atoms with van der Waals surface area (Å²) in [5.41, 5.74) is 0.791. The highest BCUT2D eigenvalue weighted by atomic mass is 16.5. The molecule has 126 valence electrons. The highest BCUT2D eigenvalue weighted by Crippen LogP contribution is 2.01. The summed E-state index contributed by atoms with van der Waals surface area (Å²) in [4.78, 5) is 34.3. The van der Waals surface area contributed by atoms with Gasteiger partial charge < -0.3 is 25.6 Å². The van der Waals surface area contributed by atoms with Gasteiger partial charge in [0.05, 0.1) is 6.10 Å². The van der Waals surface area contributed by atoms with Crippen LogP contribution in [0.15, 0.2) is 30.3 Å². The molecule has 0 bridgehead atoms. The van der Waals surface area contributed by atoms with Crippen LogP contribution >= 0.6 is 0 Å². The Morgan fingerprint density at radius 1 is 1.13 bits per heavy atom. The molecule has 23 heavy (non-hydrogen) atoms. The maximum Gasteiger partial charge on any atom is 0.408 e. The number of aliphatic hydroxyl groups excluding tert-OH is 1. The zero-order valence-corrected chi connectivity index (χ0v) is 12.9. The summed E-state index contributed by atoms with van der Waals surface area (Å²) >= 11 is 0. The Morgan fingerprint density at radius 2 is 1.74 bits per heavy atom. The van der Waals surface area contributed by atoms with Crippen molar-refractivity contribution in [1.29, 1.82) is 0 Å². The van der Waals surface area contributed by atoms with Crippen LogP contribution in [-0.2, 0) is 20.9 Å². The fourth-order valence-corrected chi connectivity index (χ4v) is 1.67. The fraction of sp³-hybridized carbons (Fsp3) is 0.400. The van der Waals surface area contributed by atoms with E-state index in [1.807, 2.05) is 6.07 Å². The number of alkyl carbamates (subject to hydrolysis) is 1. The van der Waals surface area contributed by atoms with E-state index >= 15 is 0 Å². The average molecular weight is 324 g/mol. The quantitative estimate of drug-likeness (QED) is 0.570. The molecule has 0 saturated carbocycles. The molecular formula is C15H20N2O6. The van der Waals surface area contributed by atoms with E-state index in [1.165, 1.54) is 13.8 Å². The smallest absolute Gasteiger partial charge is 0.408 e. The number of rotatable bonds is 7. The molecule has 2 amide bonds. The van der Waals surface area contributed by atoms with E-state index in [2.05, 4.69) is 10.6 Å². The second-order valence-electron chi connectivity index (χ2n) is 4.99. The molecule has 0 radical (unpaired) electrons. The lowest BCUT2D eigenvalue weighted by molar-refractivity contribution is -0.145. The van der Waals surface area contributed by atoms with Gasteiger partial charge in [0.15, 0.2) is 6.04 Å². The summed E-state index contributed by atoms with van der Waals surface area (Å²) in [6, 6.07) is 6.53. The number of carbonyl (C=O) groups is 3. The number of ether oxygens (including phenoxy) is 1. The highest BCUT2D eigenvalue weighted by Gasteiger charge is 2.27. The van der Waals surface area contributed by atoms with Crippen LogP contribution in [-0.4, -0.2) is 46.4 Å². The second-order valence-corrected chi connectivity index (χ2v) is 4.99. The van der Waals surface area contributed by atoms with Crippen LogP contribution in [0, 0.1) is 0 Å². The van der Waals surface area contributed by atoms with E-state index in [0.717, 1.165) is 5.56 Å². The number of benzene rings is 1. The van der Waals surface area contributed by atoms with E-state index in [-0.39, 0.29) is 6.61 Å². The average Bonchev–Trinajstić information content (AvgIpc) is 2.50. The Hall–Kier alpha value is -2.61. The molecule has 0 aliphatic carbocycles. The number of carbonyl (C=O) groups excluding carboxylic acids is 2. The van der Waals surface area contributed by atoms with Crippen molar-refractivity contribution in [2.45, 2.75) is 38.6 Å². The number of hydrogen-bond acceptors (Lipinski definition) is 5. The van der Waals surface area contributed by atoms with E-state index in [0.29, 0.717) is 0 Å². The molecule has 0 heterocycles. The van der Waals surface area contributed by atoms with Crippen LogP contribution in [0.2, 0.25) is 0 Å². The number of carboxylic acid groups (broad SMARTS) is 1. The van der Waals surface area contributed by atoms with Crippen LogP contribution in [0.5, 0.6) is 0 Å². The first-order chi connectivity index (χ1) is 10.8. The first-order valence-electron chi connectivity index (χ1n) is 6.99. The number of hydrogen-bond donors (Lipinski definition) is 4. The molecule has 0 unspecified atom stereocenters. The minimum Gasteiger partial charge on any atom is -0.480 e. The summed E-state index contributed by atoms with van der Waals surface area (Å²) in [6.07, 6.45) is -2.07. The first-order valence-corrected chi connectivity index (χ1v) is 6.99. The molecular weight excluding hydrogens is 304 g/mol. The van der Waals surface area contributed by atoms with Gasteiger partial charge in [-0.25, -0.2) is 9.59 Å². The third-order valence-corrected chi connectivity index (χ3v) is 2.99. The van der Waals surface area contributed by atoms with E-state index in [9.17, 15) is 19.5 Å². The number of amides is 2. The van der Waals surface area contributed by atoms with Crippen LogP contribution < -0.4 is 10.6 Å². The Labute approximate surface area is 133 Å². The molecule has 8 heteroatoms. The van der Waals surface area contributed by atoms with Gasteiger partial charge in [0.25, 0.3) is 0 Å². The molecule has 4 N–H and O–H groups in total. The predicted octanol–water partition coefficient (Wildman–Crippen LogP) is 0.251. The molecule has 8 nitrogen and oxygen atoms in total. The van der Waals surface area contributed by atoms with Crippen molar-refractivity contribution in [1.82, 2.24) is 10.6 Å². The number of nitrogens with one attached hydrogen (secondary N) is 2. The fourth-order valence-electron chi connectivity index (χ4n) is 1.67. The van der Waals surface area contributed by atoms with Crippen molar-refractivity contribution in [2.24, 2.45) is 0 Å². The monoisotopic (exact) mass is 324 g/mol. The van der Waals surface area contributed by atoms with Crippen LogP contribution in [0.25, 0.3) is 0 Å². The minimum atomic E-state index is -1.45. The summed E-state index contributed by atoms with van der Waals surface area (Å²) in [7, 11) is 0. The molecule has 0 fully saturated rings. The van der Waals surface area contributed by atoms with Gasteiger partial charge in [-0.2, -0.15) is 0 Å². The zero-order chi connectivity index (χ0) is 17.4. The molecule has 1 rings (SSSR count). The molecule has 1 aromatic rings. The summed E-state index contributed by atoms with van der Waals surface area (Å²) < 4.78 is 4.95. The van der Waals surface area contributed by atoms with Crippen molar-refractivity contribution < 1.29 is 29.3 Å². The normalized spacial score (nSPS) is 14.2. The minimum absolute atomic E-state index is 0.0481. The van der Waals surface area contributed by atoms with Gasteiger partial charge in [-0.15, -0.1) is 0 Å². The second kappa shape index (κ2) is 8.74. The number of aliphatic hydroxyl groups is 1. The number of carboxylic acids is 1. The largest absolute Gasteiger partial charge is 0.480 e. The van der Waals surface area contributed by atoms with Gasteiger partial charge in [-0.3, -0.25) is 4.79 Å². The third kappa shape index (κ3) is 6.35. The topological polar surface area (TPSA) is 125 Å². The Balaban J connectivity index is 2.44. The lowest BCUT2D eigenvalue weighted by atomic mass is 10.1. The van der Waals surface area contributed by atoms with Gasteiger partial charge in [0, 0.05) is 0 Å². The summed E-state index contributed by atoms with van der Waals surface area (Å²) in [5, 5.41) is 22.6. The van der Waals surface area contributed by atoms with Crippen molar-refractivity contribution in [3.63, 3.8) is 0 Å². The molecule has 3 atom stereocenters. The van der Waals surface area contributed by atoms with Crippen molar-refractivity contribution >= 4 is 18.0 Å². The summed E-state index contributed by atoms with van der Waals surface area (Å²) in [6.45, 7) is 2.66. The number of aliphatic carboxylic acids is 1.